The number of imide groups is 1. The molecule has 0 aromatic heterocycles. The molecule has 0 radical (unpaired) electrons. The van der Waals surface area contributed by atoms with E-state index in [0.717, 1.165) is 0 Å². The average molecular weight is 286 g/mol. The third kappa shape index (κ3) is 4.24. The van der Waals surface area contributed by atoms with Crippen molar-refractivity contribution in [2.45, 2.75) is 6.42 Å². The van der Waals surface area contributed by atoms with Gasteiger partial charge in [0.1, 0.15) is 0 Å². The van der Waals surface area contributed by atoms with Crippen LogP contribution in [-0.2, 0) is 4.79 Å². The molecule has 0 spiro atoms. The molecule has 2 N–H and O–H groups in total. The molecule has 0 heterocycles. The number of benzene rings is 1. The lowest BCUT2D eigenvalue weighted by atomic mass is 10.2. The molecule has 0 bridgehead atoms. The number of hydrogen-bond acceptors (Lipinski definition) is 3. The van der Waals surface area contributed by atoms with Crippen molar-refractivity contribution in [3.05, 3.63) is 28.8 Å². The third-order valence-corrected chi connectivity index (χ3v) is 2.44. The fraction of sp³-hybridized carbons (Fsp3) is 0.182. The van der Waals surface area contributed by atoms with Crippen LogP contribution in [0.2, 0.25) is 5.02 Å². The molecule has 0 unspecified atom stereocenters. The topological polar surface area (TPSA) is 82.0 Å². The van der Waals surface area contributed by atoms with Gasteiger partial charge in [-0.15, -0.1) is 11.6 Å². The average Bonchev–Trinajstić information content (AvgIpc) is 2.32. The number of urea groups is 1. The Balaban J connectivity index is 2.70. The molecule has 0 aliphatic heterocycles. The molecular formula is C11H9Cl2N3O2. The van der Waals surface area contributed by atoms with Gasteiger partial charge in [-0.25, -0.2) is 4.79 Å². The molecule has 1 rings (SSSR count). The molecule has 0 saturated heterocycles. The number of nitrogens with one attached hydrogen (secondary N) is 2. The molecule has 0 atom stereocenters. The maximum absolute atomic E-state index is 11.4. The fourth-order valence-electron chi connectivity index (χ4n) is 1.12. The normalized spacial score (nSPS) is 9.39. The van der Waals surface area contributed by atoms with Crippen molar-refractivity contribution in [1.29, 1.82) is 5.26 Å². The predicted octanol–water partition coefficient (Wildman–Crippen LogP) is 2.49. The zero-order valence-corrected chi connectivity index (χ0v) is 10.7. The van der Waals surface area contributed by atoms with Crippen LogP contribution in [0.1, 0.15) is 12.0 Å². The first kappa shape index (κ1) is 14.3. The number of rotatable bonds is 3. The molecule has 0 fully saturated rings. The summed E-state index contributed by atoms with van der Waals surface area (Å²) in [4.78, 5) is 22.5. The lowest BCUT2D eigenvalue weighted by Crippen LogP contribution is -2.34. The van der Waals surface area contributed by atoms with Gasteiger partial charge in [-0.2, -0.15) is 5.26 Å². The minimum Gasteiger partial charge on any atom is -0.306 e. The highest BCUT2D eigenvalue weighted by Crippen LogP contribution is 2.22. The Labute approximate surface area is 114 Å². The molecule has 3 amide bonds. The molecule has 0 aliphatic rings. The van der Waals surface area contributed by atoms with Crippen LogP contribution < -0.4 is 10.6 Å². The summed E-state index contributed by atoms with van der Waals surface area (Å²) in [5.74, 6) is -0.362. The van der Waals surface area contributed by atoms with Gasteiger partial charge in [0.2, 0.25) is 5.91 Å². The van der Waals surface area contributed by atoms with Crippen LogP contribution in [-0.4, -0.2) is 17.8 Å². The molecule has 18 heavy (non-hydrogen) atoms. The number of amides is 3. The van der Waals surface area contributed by atoms with E-state index in [4.69, 9.17) is 28.5 Å². The van der Waals surface area contributed by atoms with Crippen molar-refractivity contribution in [1.82, 2.24) is 5.32 Å². The number of nitriles is 1. The van der Waals surface area contributed by atoms with Crippen LogP contribution >= 0.6 is 23.2 Å². The molecule has 7 heteroatoms. The quantitative estimate of drug-likeness (QED) is 0.837. The Morgan fingerprint density at radius 2 is 2.11 bits per heavy atom. The Morgan fingerprint density at radius 3 is 2.72 bits per heavy atom. The second kappa shape index (κ2) is 6.84. The van der Waals surface area contributed by atoms with Crippen molar-refractivity contribution < 1.29 is 9.59 Å². The van der Waals surface area contributed by atoms with Gasteiger partial charge in [-0.1, -0.05) is 11.6 Å². The standard InChI is InChI=1S/C11H9Cl2N3O2/c12-4-3-10(17)16-11(18)15-9-5-7(6-14)1-2-8(9)13/h1-2,5H,3-4H2,(H2,15,16,17,18). The van der Waals surface area contributed by atoms with Crippen LogP contribution in [0.5, 0.6) is 0 Å². The van der Waals surface area contributed by atoms with Gasteiger partial charge >= 0.3 is 6.03 Å². The van der Waals surface area contributed by atoms with Gasteiger partial charge < -0.3 is 5.32 Å². The van der Waals surface area contributed by atoms with Gasteiger partial charge in [-0.05, 0) is 18.2 Å². The van der Waals surface area contributed by atoms with Gasteiger partial charge in [0.05, 0.1) is 22.3 Å². The Kier molecular flexibility index (Phi) is 5.43. The SMILES string of the molecule is N#Cc1ccc(Cl)c(NC(=O)NC(=O)CCCl)c1. The number of anilines is 1. The number of carbonyl (C=O) groups is 2. The lowest BCUT2D eigenvalue weighted by Gasteiger charge is -2.08. The Hall–Kier alpha value is -1.77. The third-order valence-electron chi connectivity index (χ3n) is 1.92. The maximum atomic E-state index is 11.4. The van der Waals surface area contributed by atoms with Crippen LogP contribution in [0, 0.1) is 11.3 Å². The van der Waals surface area contributed by atoms with E-state index in [-0.39, 0.29) is 23.0 Å². The van der Waals surface area contributed by atoms with E-state index in [1.54, 1.807) is 0 Å². The lowest BCUT2D eigenvalue weighted by molar-refractivity contribution is -0.119. The first-order valence-corrected chi connectivity index (χ1v) is 5.84. The van der Waals surface area contributed by atoms with Crippen molar-refractivity contribution >= 4 is 40.8 Å². The number of carbonyl (C=O) groups excluding carboxylic acids is 2. The number of nitrogens with zero attached hydrogens (tertiary/aromatic N) is 1. The van der Waals surface area contributed by atoms with E-state index in [0.29, 0.717) is 5.56 Å². The number of alkyl halides is 1. The summed E-state index contributed by atoms with van der Waals surface area (Å²) in [6, 6.07) is 5.60. The summed E-state index contributed by atoms with van der Waals surface area (Å²) >= 11 is 11.2. The first-order chi connectivity index (χ1) is 8.56. The van der Waals surface area contributed by atoms with Crippen molar-refractivity contribution in [3.63, 3.8) is 0 Å². The molecule has 94 valence electrons. The van der Waals surface area contributed by atoms with E-state index >= 15 is 0 Å². The van der Waals surface area contributed by atoms with E-state index in [9.17, 15) is 9.59 Å². The second-order valence-electron chi connectivity index (χ2n) is 3.25. The zero-order chi connectivity index (χ0) is 13.5. The number of halogens is 2. The zero-order valence-electron chi connectivity index (χ0n) is 9.17. The number of hydrogen-bond donors (Lipinski definition) is 2. The van der Waals surface area contributed by atoms with Crippen LogP contribution in [0.4, 0.5) is 10.5 Å². The van der Waals surface area contributed by atoms with Crippen molar-refractivity contribution in [2.24, 2.45) is 0 Å². The molecule has 0 saturated carbocycles. The van der Waals surface area contributed by atoms with Crippen molar-refractivity contribution in [3.8, 4) is 6.07 Å². The monoisotopic (exact) mass is 285 g/mol. The van der Waals surface area contributed by atoms with Gasteiger partial charge in [-0.3, -0.25) is 10.1 Å². The molecule has 1 aromatic rings. The highest BCUT2D eigenvalue weighted by Gasteiger charge is 2.09. The van der Waals surface area contributed by atoms with Gasteiger partial charge in [0, 0.05) is 12.3 Å². The molecule has 0 aliphatic carbocycles. The highest BCUT2D eigenvalue weighted by atomic mass is 35.5. The second-order valence-corrected chi connectivity index (χ2v) is 4.03. The summed E-state index contributed by atoms with van der Waals surface area (Å²) in [7, 11) is 0. The van der Waals surface area contributed by atoms with Crippen LogP contribution in [0.3, 0.4) is 0 Å². The van der Waals surface area contributed by atoms with Crippen LogP contribution in [0.15, 0.2) is 18.2 Å². The summed E-state index contributed by atoms with van der Waals surface area (Å²) < 4.78 is 0. The molecule has 1 aromatic carbocycles. The van der Waals surface area contributed by atoms with Crippen LogP contribution in [0.25, 0.3) is 0 Å². The summed E-state index contributed by atoms with van der Waals surface area (Å²) in [5, 5.41) is 13.4. The summed E-state index contributed by atoms with van der Waals surface area (Å²) in [6.07, 6.45) is 0.0426. The van der Waals surface area contributed by atoms with Gasteiger partial charge in [0.15, 0.2) is 0 Å². The summed E-state index contributed by atoms with van der Waals surface area (Å²) in [6.45, 7) is 0. The highest BCUT2D eigenvalue weighted by molar-refractivity contribution is 6.33. The molecule has 5 nitrogen and oxygen atoms in total. The van der Waals surface area contributed by atoms with Gasteiger partial charge in [0.25, 0.3) is 0 Å². The largest absolute Gasteiger partial charge is 0.325 e. The molecular weight excluding hydrogens is 277 g/mol. The van der Waals surface area contributed by atoms with E-state index in [2.05, 4.69) is 10.6 Å². The Bertz CT molecular complexity index is 512. The van der Waals surface area contributed by atoms with E-state index < -0.39 is 11.9 Å². The van der Waals surface area contributed by atoms with Crippen molar-refractivity contribution in [2.75, 3.05) is 11.2 Å². The summed E-state index contributed by atoms with van der Waals surface area (Å²) in [5.41, 5.74) is 0.605. The minimum atomic E-state index is -0.720. The smallest absolute Gasteiger partial charge is 0.306 e. The first-order valence-electron chi connectivity index (χ1n) is 4.93. The predicted molar refractivity (Wildman–Crippen MR) is 68.7 cm³/mol. The Morgan fingerprint density at radius 1 is 1.39 bits per heavy atom. The fourth-order valence-corrected chi connectivity index (χ4v) is 1.46. The van der Waals surface area contributed by atoms with E-state index in [1.807, 2.05) is 6.07 Å². The maximum Gasteiger partial charge on any atom is 0.325 e. The minimum absolute atomic E-state index is 0.0426. The van der Waals surface area contributed by atoms with E-state index in [1.165, 1.54) is 18.2 Å².